The molecular formula is C18H25ClN2O5S. The first-order valence-corrected chi connectivity index (χ1v) is 11.0. The third-order valence-corrected chi connectivity index (χ3v) is 7.10. The highest BCUT2D eigenvalue weighted by molar-refractivity contribution is 7.89. The zero-order valence-corrected chi connectivity index (χ0v) is 17.0. The van der Waals surface area contributed by atoms with Crippen molar-refractivity contribution in [3.05, 3.63) is 23.2 Å². The van der Waals surface area contributed by atoms with Gasteiger partial charge in [0.25, 0.3) is 0 Å². The highest BCUT2D eigenvalue weighted by atomic mass is 35.5. The number of piperidine rings is 1. The van der Waals surface area contributed by atoms with Crippen molar-refractivity contribution < 1.29 is 22.7 Å². The number of ether oxygens (including phenoxy) is 2. The number of carbonyl (C=O) groups excluding carboxylic acids is 1. The molecule has 3 rings (SSSR count). The van der Waals surface area contributed by atoms with Crippen LogP contribution in [0.4, 0.5) is 0 Å². The number of hydrogen-bond acceptors (Lipinski definition) is 5. The minimum Gasteiger partial charge on any atom is -0.492 e. The normalized spacial score (nSPS) is 19.9. The lowest BCUT2D eigenvalue weighted by atomic mass is 9.96. The molecule has 7 nitrogen and oxygen atoms in total. The van der Waals surface area contributed by atoms with Crippen molar-refractivity contribution in [2.24, 2.45) is 5.92 Å². The van der Waals surface area contributed by atoms with E-state index in [9.17, 15) is 13.2 Å². The Labute approximate surface area is 165 Å². The molecule has 0 N–H and O–H groups in total. The summed E-state index contributed by atoms with van der Waals surface area (Å²) in [6, 6.07) is 4.61. The van der Waals surface area contributed by atoms with Crippen LogP contribution in [0.2, 0.25) is 5.02 Å². The fraction of sp³-hybridized carbons (Fsp3) is 0.611. The molecule has 1 aromatic carbocycles. The molecule has 0 atom stereocenters. The van der Waals surface area contributed by atoms with Gasteiger partial charge in [-0.25, -0.2) is 8.42 Å². The average Bonchev–Trinajstić information content (AvgIpc) is 2.69. The summed E-state index contributed by atoms with van der Waals surface area (Å²) >= 11 is 6.01. The lowest BCUT2D eigenvalue weighted by Gasteiger charge is -2.35. The Bertz CT molecular complexity index is 772. The van der Waals surface area contributed by atoms with E-state index in [1.54, 1.807) is 19.1 Å². The topological polar surface area (TPSA) is 76.2 Å². The predicted molar refractivity (Wildman–Crippen MR) is 102 cm³/mol. The number of hydrogen-bond donors (Lipinski definition) is 0. The van der Waals surface area contributed by atoms with Gasteiger partial charge in [-0.05, 0) is 38.0 Å². The number of halogens is 1. The molecule has 27 heavy (non-hydrogen) atoms. The van der Waals surface area contributed by atoms with Crippen LogP contribution in [0.3, 0.4) is 0 Å². The molecule has 0 aromatic heterocycles. The first kappa shape index (κ1) is 20.4. The average molecular weight is 417 g/mol. The molecule has 0 radical (unpaired) electrons. The molecule has 2 aliphatic heterocycles. The van der Waals surface area contributed by atoms with E-state index in [0.29, 0.717) is 69.6 Å². The van der Waals surface area contributed by atoms with Gasteiger partial charge in [0.2, 0.25) is 15.9 Å². The monoisotopic (exact) mass is 416 g/mol. The SMILES string of the molecule is CCOc1ccc(Cl)cc1S(=O)(=O)N1CCC(C(=O)N2CCOCC2)CC1. The molecule has 150 valence electrons. The van der Waals surface area contributed by atoms with E-state index in [1.165, 1.54) is 10.4 Å². The lowest BCUT2D eigenvalue weighted by Crippen LogP contribution is -2.47. The Kier molecular flexibility index (Phi) is 6.62. The maximum atomic E-state index is 13.1. The first-order valence-electron chi connectivity index (χ1n) is 9.22. The lowest BCUT2D eigenvalue weighted by molar-refractivity contribution is -0.140. The second-order valence-corrected chi connectivity index (χ2v) is 8.98. The van der Waals surface area contributed by atoms with Gasteiger partial charge in [0.15, 0.2) is 0 Å². The van der Waals surface area contributed by atoms with Gasteiger partial charge in [0, 0.05) is 37.1 Å². The summed E-state index contributed by atoms with van der Waals surface area (Å²) in [6.07, 6.45) is 1.03. The molecule has 2 fully saturated rings. The van der Waals surface area contributed by atoms with Gasteiger partial charge < -0.3 is 14.4 Å². The summed E-state index contributed by atoms with van der Waals surface area (Å²) in [7, 11) is -3.73. The Balaban J connectivity index is 1.70. The molecule has 2 saturated heterocycles. The third-order valence-electron chi connectivity index (χ3n) is 4.95. The summed E-state index contributed by atoms with van der Waals surface area (Å²) in [5.74, 6) is 0.266. The second kappa shape index (κ2) is 8.77. The molecule has 9 heteroatoms. The van der Waals surface area contributed by atoms with E-state index in [-0.39, 0.29) is 16.7 Å². The number of nitrogens with zero attached hydrogens (tertiary/aromatic N) is 2. The van der Waals surface area contributed by atoms with Crippen LogP contribution in [0.25, 0.3) is 0 Å². The summed E-state index contributed by atoms with van der Waals surface area (Å²) in [6.45, 7) is 5.12. The van der Waals surface area contributed by atoms with Crippen molar-refractivity contribution in [1.29, 1.82) is 0 Å². The Morgan fingerprint density at radius 1 is 1.22 bits per heavy atom. The quantitative estimate of drug-likeness (QED) is 0.733. The highest BCUT2D eigenvalue weighted by Crippen LogP contribution is 2.32. The van der Waals surface area contributed by atoms with Gasteiger partial charge >= 0.3 is 0 Å². The van der Waals surface area contributed by atoms with Crippen molar-refractivity contribution in [3.63, 3.8) is 0 Å². The number of rotatable bonds is 5. The fourth-order valence-electron chi connectivity index (χ4n) is 3.48. The van der Waals surface area contributed by atoms with Crippen LogP contribution in [0.5, 0.6) is 5.75 Å². The van der Waals surface area contributed by atoms with Gasteiger partial charge in [0.1, 0.15) is 10.6 Å². The Hall–Kier alpha value is -1.35. The van der Waals surface area contributed by atoms with Crippen molar-refractivity contribution in [3.8, 4) is 5.75 Å². The summed E-state index contributed by atoms with van der Waals surface area (Å²) in [5.41, 5.74) is 0. The Morgan fingerprint density at radius 3 is 2.52 bits per heavy atom. The molecule has 1 aromatic rings. The van der Waals surface area contributed by atoms with E-state index < -0.39 is 10.0 Å². The molecule has 0 bridgehead atoms. The zero-order valence-electron chi connectivity index (χ0n) is 15.4. The van der Waals surface area contributed by atoms with Crippen LogP contribution in [-0.2, 0) is 19.6 Å². The largest absolute Gasteiger partial charge is 0.492 e. The molecule has 0 spiro atoms. The zero-order chi connectivity index (χ0) is 19.4. The van der Waals surface area contributed by atoms with Crippen LogP contribution in [0, 0.1) is 5.92 Å². The van der Waals surface area contributed by atoms with Crippen LogP contribution in [0.15, 0.2) is 23.1 Å². The van der Waals surface area contributed by atoms with Crippen LogP contribution in [-0.4, -0.2) is 69.5 Å². The smallest absolute Gasteiger partial charge is 0.246 e. The van der Waals surface area contributed by atoms with Crippen molar-refractivity contribution >= 4 is 27.5 Å². The Morgan fingerprint density at radius 2 is 1.89 bits per heavy atom. The maximum Gasteiger partial charge on any atom is 0.246 e. The van der Waals surface area contributed by atoms with Gasteiger partial charge in [-0.3, -0.25) is 4.79 Å². The van der Waals surface area contributed by atoms with E-state index in [0.717, 1.165) is 0 Å². The van der Waals surface area contributed by atoms with Crippen LogP contribution >= 0.6 is 11.6 Å². The first-order chi connectivity index (χ1) is 12.9. The van der Waals surface area contributed by atoms with Crippen molar-refractivity contribution in [1.82, 2.24) is 9.21 Å². The maximum absolute atomic E-state index is 13.1. The summed E-state index contributed by atoms with van der Waals surface area (Å²) in [5, 5.41) is 0.342. The number of carbonyl (C=O) groups is 1. The van der Waals surface area contributed by atoms with Gasteiger partial charge in [-0.2, -0.15) is 4.31 Å². The molecule has 2 heterocycles. The minimum absolute atomic E-state index is 0.0785. The second-order valence-electron chi connectivity index (χ2n) is 6.64. The van der Waals surface area contributed by atoms with Gasteiger partial charge in [-0.15, -0.1) is 0 Å². The molecule has 2 aliphatic rings. The molecule has 0 unspecified atom stereocenters. The molecular weight excluding hydrogens is 392 g/mol. The van der Waals surface area contributed by atoms with E-state index >= 15 is 0 Å². The third kappa shape index (κ3) is 4.56. The number of morpholine rings is 1. The standard InChI is InChI=1S/C18H25ClN2O5S/c1-2-26-16-4-3-15(19)13-17(16)27(23,24)21-7-5-14(6-8-21)18(22)20-9-11-25-12-10-20/h3-4,13-14H,2,5-12H2,1H3. The highest BCUT2D eigenvalue weighted by Gasteiger charge is 2.35. The van der Waals surface area contributed by atoms with E-state index in [1.807, 2.05) is 4.90 Å². The van der Waals surface area contributed by atoms with Gasteiger partial charge in [-0.1, -0.05) is 11.6 Å². The van der Waals surface area contributed by atoms with E-state index in [4.69, 9.17) is 21.1 Å². The van der Waals surface area contributed by atoms with Crippen molar-refractivity contribution in [2.45, 2.75) is 24.7 Å². The number of amides is 1. The van der Waals surface area contributed by atoms with Crippen LogP contribution < -0.4 is 4.74 Å². The van der Waals surface area contributed by atoms with Crippen molar-refractivity contribution in [2.75, 3.05) is 46.0 Å². The fourth-order valence-corrected chi connectivity index (χ4v) is 5.35. The molecule has 1 amide bonds. The summed E-state index contributed by atoms with van der Waals surface area (Å²) < 4.78 is 38.4. The number of sulfonamides is 1. The number of benzene rings is 1. The molecule has 0 saturated carbocycles. The molecule has 0 aliphatic carbocycles. The van der Waals surface area contributed by atoms with E-state index in [2.05, 4.69) is 0 Å². The van der Waals surface area contributed by atoms with Crippen LogP contribution in [0.1, 0.15) is 19.8 Å². The summed E-state index contributed by atoms with van der Waals surface area (Å²) in [4.78, 5) is 14.5. The predicted octanol–water partition coefficient (Wildman–Crippen LogP) is 2.00. The van der Waals surface area contributed by atoms with Gasteiger partial charge in [0.05, 0.1) is 19.8 Å². The minimum atomic E-state index is -3.73.